The monoisotopic (exact) mass is 445 g/mol. The number of hydrogen-bond donors (Lipinski definition) is 1. The van der Waals surface area contributed by atoms with Crippen LogP contribution in [0.5, 0.6) is 0 Å². The lowest BCUT2D eigenvalue weighted by Crippen LogP contribution is -2.47. The second-order valence-electron chi connectivity index (χ2n) is 7.99. The van der Waals surface area contributed by atoms with Gasteiger partial charge in [0.15, 0.2) is 0 Å². The van der Waals surface area contributed by atoms with Gasteiger partial charge in [-0.15, -0.1) is 0 Å². The fraction of sp³-hybridized carbons (Fsp3) is 0.435. The number of morpholine rings is 1. The van der Waals surface area contributed by atoms with Gasteiger partial charge < -0.3 is 15.0 Å². The minimum absolute atomic E-state index is 0.330. The number of anilines is 2. The number of ether oxygens (including phenoxy) is 1. The molecule has 0 radical (unpaired) electrons. The summed E-state index contributed by atoms with van der Waals surface area (Å²) in [4.78, 5) is 15.1. The molecule has 7 nitrogen and oxygen atoms in total. The Balaban J connectivity index is 1.67. The number of aryl methyl sites for hydroxylation is 2. The number of nitrogens with one attached hydrogen (secondary N) is 1. The molecule has 0 bridgehead atoms. The van der Waals surface area contributed by atoms with Gasteiger partial charge in [0.05, 0.1) is 25.2 Å². The smallest absolute Gasteiger partial charge is 0.243 e. The molecule has 168 valence electrons. The maximum atomic E-state index is 12.8. The molecule has 1 N–H and O–H groups in total. The first-order valence-electron chi connectivity index (χ1n) is 10.4. The summed E-state index contributed by atoms with van der Waals surface area (Å²) in [7, 11) is -3.64. The van der Waals surface area contributed by atoms with E-state index in [9.17, 15) is 13.2 Å². The molecule has 2 aromatic rings. The maximum absolute atomic E-state index is 12.8. The summed E-state index contributed by atoms with van der Waals surface area (Å²) in [6, 6.07) is 12.6. The van der Waals surface area contributed by atoms with Gasteiger partial charge in [0.1, 0.15) is 6.04 Å². The first kappa shape index (κ1) is 23.1. The number of amides is 1. The highest BCUT2D eigenvalue weighted by atomic mass is 32.2. The fourth-order valence-electron chi connectivity index (χ4n) is 3.65. The number of hydrogen-bond acceptors (Lipinski definition) is 5. The van der Waals surface area contributed by atoms with Crippen molar-refractivity contribution in [2.75, 3.05) is 41.8 Å². The molecule has 1 atom stereocenters. The SMILES string of the molecule is Cc1ccc(N(C(C)C(=O)NCc2ccc(N3CCOCC3)cc2)S(C)(=O)=O)cc1C. The van der Waals surface area contributed by atoms with Gasteiger partial charge in [0.2, 0.25) is 15.9 Å². The van der Waals surface area contributed by atoms with E-state index in [0.29, 0.717) is 12.2 Å². The average molecular weight is 446 g/mol. The van der Waals surface area contributed by atoms with Crippen LogP contribution in [0.4, 0.5) is 11.4 Å². The molecule has 1 saturated heterocycles. The molecule has 1 aliphatic heterocycles. The molecular weight excluding hydrogens is 414 g/mol. The van der Waals surface area contributed by atoms with Crippen LogP contribution in [0.3, 0.4) is 0 Å². The van der Waals surface area contributed by atoms with E-state index in [-0.39, 0.29) is 5.91 Å². The van der Waals surface area contributed by atoms with E-state index in [1.54, 1.807) is 19.1 Å². The van der Waals surface area contributed by atoms with Crippen molar-refractivity contribution >= 4 is 27.3 Å². The van der Waals surface area contributed by atoms with E-state index in [2.05, 4.69) is 10.2 Å². The summed E-state index contributed by atoms with van der Waals surface area (Å²) in [5.41, 5.74) is 4.61. The van der Waals surface area contributed by atoms with Crippen LogP contribution in [0.2, 0.25) is 0 Å². The number of carbonyl (C=O) groups excluding carboxylic acids is 1. The Kier molecular flexibility index (Phi) is 7.23. The van der Waals surface area contributed by atoms with E-state index in [1.807, 2.05) is 44.2 Å². The van der Waals surface area contributed by atoms with Gasteiger partial charge in [-0.05, 0) is 61.7 Å². The molecule has 31 heavy (non-hydrogen) atoms. The largest absolute Gasteiger partial charge is 0.378 e. The van der Waals surface area contributed by atoms with Crippen molar-refractivity contribution in [1.82, 2.24) is 5.32 Å². The molecule has 0 saturated carbocycles. The van der Waals surface area contributed by atoms with Crippen molar-refractivity contribution in [3.63, 3.8) is 0 Å². The summed E-state index contributed by atoms with van der Waals surface area (Å²) >= 11 is 0. The van der Waals surface area contributed by atoms with Crippen LogP contribution in [0, 0.1) is 13.8 Å². The van der Waals surface area contributed by atoms with E-state index in [0.717, 1.165) is 54.9 Å². The minimum atomic E-state index is -3.64. The van der Waals surface area contributed by atoms with Crippen LogP contribution in [-0.4, -0.2) is 52.9 Å². The molecule has 0 aliphatic carbocycles. The lowest BCUT2D eigenvalue weighted by Gasteiger charge is -2.29. The summed E-state index contributed by atoms with van der Waals surface area (Å²) in [5.74, 6) is -0.346. The third kappa shape index (κ3) is 5.77. The van der Waals surface area contributed by atoms with Crippen LogP contribution in [0.15, 0.2) is 42.5 Å². The average Bonchev–Trinajstić information content (AvgIpc) is 2.74. The molecule has 1 unspecified atom stereocenters. The van der Waals surface area contributed by atoms with Crippen molar-refractivity contribution in [1.29, 1.82) is 0 Å². The van der Waals surface area contributed by atoms with Crippen molar-refractivity contribution < 1.29 is 17.9 Å². The van der Waals surface area contributed by atoms with Gasteiger partial charge in [-0.1, -0.05) is 18.2 Å². The number of benzene rings is 2. The Morgan fingerprint density at radius 2 is 1.74 bits per heavy atom. The highest BCUT2D eigenvalue weighted by Gasteiger charge is 2.29. The molecular formula is C23H31N3O4S. The molecule has 1 amide bonds. The molecule has 1 heterocycles. The second-order valence-corrected chi connectivity index (χ2v) is 9.85. The van der Waals surface area contributed by atoms with Gasteiger partial charge in [-0.25, -0.2) is 8.42 Å². The van der Waals surface area contributed by atoms with E-state index in [1.165, 1.54) is 4.31 Å². The van der Waals surface area contributed by atoms with E-state index >= 15 is 0 Å². The molecule has 1 aliphatic rings. The Hall–Kier alpha value is -2.58. The summed E-state index contributed by atoms with van der Waals surface area (Å²) in [6.45, 7) is 9.01. The third-order valence-electron chi connectivity index (χ3n) is 5.61. The van der Waals surface area contributed by atoms with Crippen LogP contribution >= 0.6 is 0 Å². The predicted octanol–water partition coefficient (Wildman–Crippen LogP) is 2.61. The second kappa shape index (κ2) is 9.70. The van der Waals surface area contributed by atoms with Crippen molar-refractivity contribution in [2.24, 2.45) is 0 Å². The molecule has 8 heteroatoms. The fourth-order valence-corrected chi connectivity index (χ4v) is 4.82. The first-order chi connectivity index (χ1) is 14.7. The zero-order valence-electron chi connectivity index (χ0n) is 18.6. The van der Waals surface area contributed by atoms with Gasteiger partial charge >= 0.3 is 0 Å². The Morgan fingerprint density at radius 1 is 1.10 bits per heavy atom. The third-order valence-corrected chi connectivity index (χ3v) is 6.85. The number of carbonyl (C=O) groups is 1. The number of rotatable bonds is 7. The van der Waals surface area contributed by atoms with Gasteiger partial charge in [-0.3, -0.25) is 9.10 Å². The lowest BCUT2D eigenvalue weighted by molar-refractivity contribution is -0.122. The normalized spacial score (nSPS) is 15.4. The Bertz CT molecular complexity index is 1020. The summed E-state index contributed by atoms with van der Waals surface area (Å²) < 4.78 is 31.5. The molecule has 3 rings (SSSR count). The molecule has 1 fully saturated rings. The highest BCUT2D eigenvalue weighted by molar-refractivity contribution is 7.92. The van der Waals surface area contributed by atoms with E-state index in [4.69, 9.17) is 4.74 Å². The molecule has 2 aromatic carbocycles. The topological polar surface area (TPSA) is 79.0 Å². The molecule has 0 spiro atoms. The quantitative estimate of drug-likeness (QED) is 0.709. The van der Waals surface area contributed by atoms with Gasteiger partial charge in [0.25, 0.3) is 0 Å². The highest BCUT2D eigenvalue weighted by Crippen LogP contribution is 2.24. The zero-order chi connectivity index (χ0) is 22.6. The standard InChI is InChI=1S/C23H31N3O4S/c1-17-5-8-22(15-18(17)2)26(31(4,28)29)19(3)23(27)24-16-20-6-9-21(10-7-20)25-11-13-30-14-12-25/h5-10,15,19H,11-14,16H2,1-4H3,(H,24,27). The summed E-state index contributed by atoms with van der Waals surface area (Å²) in [6.07, 6.45) is 1.12. The maximum Gasteiger partial charge on any atom is 0.243 e. The molecule has 0 aromatic heterocycles. The number of sulfonamides is 1. The predicted molar refractivity (Wildman–Crippen MR) is 124 cm³/mol. The van der Waals surface area contributed by atoms with Crippen molar-refractivity contribution in [2.45, 2.75) is 33.4 Å². The van der Waals surface area contributed by atoms with Gasteiger partial charge in [-0.2, -0.15) is 0 Å². The minimum Gasteiger partial charge on any atom is -0.378 e. The number of nitrogens with zero attached hydrogens (tertiary/aromatic N) is 2. The van der Waals surface area contributed by atoms with Crippen LogP contribution in [0.1, 0.15) is 23.6 Å². The van der Waals surface area contributed by atoms with E-state index < -0.39 is 16.1 Å². The summed E-state index contributed by atoms with van der Waals surface area (Å²) in [5, 5.41) is 2.87. The Morgan fingerprint density at radius 3 is 2.32 bits per heavy atom. The van der Waals surface area contributed by atoms with Crippen molar-refractivity contribution in [3.8, 4) is 0 Å². The van der Waals surface area contributed by atoms with Crippen LogP contribution < -0.4 is 14.5 Å². The lowest BCUT2D eigenvalue weighted by atomic mass is 10.1. The van der Waals surface area contributed by atoms with Crippen LogP contribution in [0.25, 0.3) is 0 Å². The van der Waals surface area contributed by atoms with Gasteiger partial charge in [0, 0.05) is 25.3 Å². The van der Waals surface area contributed by atoms with Crippen molar-refractivity contribution in [3.05, 3.63) is 59.2 Å². The van der Waals surface area contributed by atoms with Crippen LogP contribution in [-0.2, 0) is 26.1 Å². The first-order valence-corrected chi connectivity index (χ1v) is 12.3. The Labute approximate surface area is 185 Å². The zero-order valence-corrected chi connectivity index (χ0v) is 19.4.